The third kappa shape index (κ3) is 3.26. The lowest BCUT2D eigenvalue weighted by molar-refractivity contribution is -0.136. The van der Waals surface area contributed by atoms with Crippen molar-refractivity contribution in [2.45, 2.75) is 38.0 Å². The van der Waals surface area contributed by atoms with Gasteiger partial charge in [0.2, 0.25) is 0 Å². The molecule has 0 radical (unpaired) electrons. The molecule has 2 aromatic carbocycles. The van der Waals surface area contributed by atoms with E-state index >= 15 is 0 Å². The SMILES string of the molecule is Cc1ccc(CNc2cc3c(c(C(F)(F)F)c2)NC2CCNCC32)cc1. The summed E-state index contributed by atoms with van der Waals surface area (Å²) in [4.78, 5) is 0. The number of fused-ring (bicyclic) bond motifs is 3. The highest BCUT2D eigenvalue weighted by Crippen LogP contribution is 2.47. The van der Waals surface area contributed by atoms with E-state index in [-0.39, 0.29) is 17.6 Å². The van der Waals surface area contributed by atoms with Crippen LogP contribution in [0.2, 0.25) is 0 Å². The van der Waals surface area contributed by atoms with Crippen LogP contribution in [0.25, 0.3) is 0 Å². The Labute approximate surface area is 151 Å². The molecule has 138 valence electrons. The van der Waals surface area contributed by atoms with Gasteiger partial charge in [-0.05, 0) is 43.1 Å². The normalized spacial score (nSPS) is 21.7. The maximum Gasteiger partial charge on any atom is 0.418 e. The summed E-state index contributed by atoms with van der Waals surface area (Å²) >= 11 is 0. The summed E-state index contributed by atoms with van der Waals surface area (Å²) in [6, 6.07) is 11.2. The molecule has 6 heteroatoms. The van der Waals surface area contributed by atoms with Crippen LogP contribution in [0.5, 0.6) is 0 Å². The molecule has 3 N–H and O–H groups in total. The standard InChI is InChI=1S/C20H22F3N3/c1-12-2-4-13(5-3-12)10-25-14-8-15-16-11-24-7-6-18(16)26-19(15)17(9-14)20(21,22)23/h2-5,8-9,16,18,24-26H,6-7,10-11H2,1H3. The molecule has 2 heterocycles. The molecule has 1 saturated heterocycles. The van der Waals surface area contributed by atoms with Crippen LogP contribution in [0.15, 0.2) is 36.4 Å². The van der Waals surface area contributed by atoms with E-state index in [1.807, 2.05) is 37.3 Å². The van der Waals surface area contributed by atoms with Crippen LogP contribution in [0.3, 0.4) is 0 Å². The fourth-order valence-corrected chi connectivity index (χ4v) is 3.90. The zero-order chi connectivity index (χ0) is 18.3. The molecule has 2 aromatic rings. The first-order valence-electron chi connectivity index (χ1n) is 8.93. The molecule has 0 aromatic heterocycles. The zero-order valence-corrected chi connectivity index (χ0v) is 14.6. The molecular formula is C20H22F3N3. The van der Waals surface area contributed by atoms with Crippen LogP contribution in [0, 0.1) is 6.92 Å². The number of anilines is 2. The molecule has 0 spiro atoms. The average molecular weight is 361 g/mol. The summed E-state index contributed by atoms with van der Waals surface area (Å²) in [6.07, 6.45) is -3.54. The molecule has 3 nitrogen and oxygen atoms in total. The first kappa shape index (κ1) is 17.2. The number of hydrogen-bond acceptors (Lipinski definition) is 3. The van der Waals surface area contributed by atoms with Crippen LogP contribution < -0.4 is 16.0 Å². The zero-order valence-electron chi connectivity index (χ0n) is 14.6. The highest BCUT2D eigenvalue weighted by molar-refractivity contribution is 5.71. The van der Waals surface area contributed by atoms with Crippen molar-refractivity contribution >= 4 is 11.4 Å². The van der Waals surface area contributed by atoms with Crippen molar-refractivity contribution in [3.05, 3.63) is 58.7 Å². The molecule has 4 rings (SSSR count). The van der Waals surface area contributed by atoms with E-state index in [4.69, 9.17) is 0 Å². The van der Waals surface area contributed by atoms with Crippen molar-refractivity contribution in [3.63, 3.8) is 0 Å². The van der Waals surface area contributed by atoms with Gasteiger partial charge in [0.25, 0.3) is 0 Å². The van der Waals surface area contributed by atoms with Gasteiger partial charge in [0.05, 0.1) is 11.3 Å². The molecule has 26 heavy (non-hydrogen) atoms. The van der Waals surface area contributed by atoms with E-state index in [9.17, 15) is 13.2 Å². The van der Waals surface area contributed by atoms with Crippen molar-refractivity contribution in [2.75, 3.05) is 23.7 Å². The number of benzene rings is 2. The molecule has 0 bridgehead atoms. The summed E-state index contributed by atoms with van der Waals surface area (Å²) < 4.78 is 40.9. The summed E-state index contributed by atoms with van der Waals surface area (Å²) in [7, 11) is 0. The molecule has 0 saturated carbocycles. The Hall–Kier alpha value is -2.21. The van der Waals surface area contributed by atoms with Crippen molar-refractivity contribution in [3.8, 4) is 0 Å². The Morgan fingerprint density at radius 1 is 1.15 bits per heavy atom. The molecular weight excluding hydrogens is 339 g/mol. The van der Waals surface area contributed by atoms with Crippen LogP contribution >= 0.6 is 0 Å². The summed E-state index contributed by atoms with van der Waals surface area (Å²) in [6.45, 7) is 4.05. The van der Waals surface area contributed by atoms with Crippen molar-refractivity contribution in [1.82, 2.24) is 5.32 Å². The fourth-order valence-electron chi connectivity index (χ4n) is 3.90. The van der Waals surface area contributed by atoms with Gasteiger partial charge in [0.1, 0.15) is 0 Å². The van der Waals surface area contributed by atoms with Gasteiger partial charge in [-0.25, -0.2) is 0 Å². The number of alkyl halides is 3. The maximum atomic E-state index is 13.6. The Kier molecular flexibility index (Phi) is 4.31. The summed E-state index contributed by atoms with van der Waals surface area (Å²) in [5.41, 5.74) is 3.17. The number of hydrogen-bond donors (Lipinski definition) is 3. The van der Waals surface area contributed by atoms with Crippen LogP contribution in [-0.4, -0.2) is 19.1 Å². The highest BCUT2D eigenvalue weighted by Gasteiger charge is 2.42. The second-order valence-corrected chi connectivity index (χ2v) is 7.18. The smallest absolute Gasteiger partial charge is 0.381 e. The lowest BCUT2D eigenvalue weighted by atomic mass is 9.89. The predicted octanol–water partition coefficient (Wildman–Crippen LogP) is 4.50. The lowest BCUT2D eigenvalue weighted by Crippen LogP contribution is -2.38. The topological polar surface area (TPSA) is 36.1 Å². The van der Waals surface area contributed by atoms with E-state index in [1.165, 1.54) is 6.07 Å². The first-order chi connectivity index (χ1) is 12.4. The molecule has 2 aliphatic heterocycles. The number of aryl methyl sites for hydroxylation is 1. The predicted molar refractivity (Wildman–Crippen MR) is 97.6 cm³/mol. The van der Waals surface area contributed by atoms with E-state index in [0.717, 1.165) is 29.7 Å². The number of halogens is 3. The van der Waals surface area contributed by atoms with Crippen molar-refractivity contribution in [2.24, 2.45) is 0 Å². The minimum atomic E-state index is -4.38. The van der Waals surface area contributed by atoms with Crippen molar-refractivity contribution < 1.29 is 13.2 Å². The van der Waals surface area contributed by atoms with E-state index in [2.05, 4.69) is 16.0 Å². The quantitative estimate of drug-likeness (QED) is 0.754. The number of rotatable bonds is 3. The summed E-state index contributed by atoms with van der Waals surface area (Å²) in [5, 5.41) is 9.60. The van der Waals surface area contributed by atoms with E-state index in [0.29, 0.717) is 18.8 Å². The molecule has 0 amide bonds. The third-order valence-electron chi connectivity index (χ3n) is 5.30. The minimum Gasteiger partial charge on any atom is -0.381 e. The van der Waals surface area contributed by atoms with Crippen LogP contribution in [-0.2, 0) is 12.7 Å². The lowest BCUT2D eigenvalue weighted by Gasteiger charge is -2.26. The van der Waals surface area contributed by atoms with Crippen molar-refractivity contribution in [1.29, 1.82) is 0 Å². The molecule has 1 fully saturated rings. The molecule has 2 atom stereocenters. The monoisotopic (exact) mass is 361 g/mol. The van der Waals surface area contributed by atoms with Gasteiger partial charge >= 0.3 is 6.18 Å². The largest absolute Gasteiger partial charge is 0.418 e. The van der Waals surface area contributed by atoms with Gasteiger partial charge in [0.15, 0.2) is 0 Å². The van der Waals surface area contributed by atoms with Crippen LogP contribution in [0.4, 0.5) is 24.5 Å². The average Bonchev–Trinajstić information content (AvgIpc) is 2.98. The number of piperidine rings is 1. The van der Waals surface area contributed by atoms with Gasteiger partial charge < -0.3 is 16.0 Å². The second kappa shape index (κ2) is 6.50. The maximum absolute atomic E-state index is 13.6. The minimum absolute atomic E-state index is 0.0831. The Bertz CT molecular complexity index is 799. The van der Waals surface area contributed by atoms with Gasteiger partial charge in [-0.15, -0.1) is 0 Å². The third-order valence-corrected chi connectivity index (χ3v) is 5.30. The van der Waals surface area contributed by atoms with Crippen LogP contribution in [0.1, 0.15) is 34.6 Å². The molecule has 0 aliphatic carbocycles. The summed E-state index contributed by atoms with van der Waals surface area (Å²) in [5.74, 6) is 0.0842. The van der Waals surface area contributed by atoms with Gasteiger partial charge in [-0.3, -0.25) is 0 Å². The highest BCUT2D eigenvalue weighted by atomic mass is 19.4. The molecule has 2 aliphatic rings. The second-order valence-electron chi connectivity index (χ2n) is 7.18. The Morgan fingerprint density at radius 2 is 1.92 bits per heavy atom. The first-order valence-corrected chi connectivity index (χ1v) is 8.93. The van der Waals surface area contributed by atoms with Gasteiger partial charge in [0, 0.05) is 30.7 Å². The van der Waals surface area contributed by atoms with Gasteiger partial charge in [-0.1, -0.05) is 29.8 Å². The van der Waals surface area contributed by atoms with E-state index in [1.54, 1.807) is 0 Å². The fraction of sp³-hybridized carbons (Fsp3) is 0.400. The number of nitrogens with one attached hydrogen (secondary N) is 3. The Balaban J connectivity index is 1.64. The van der Waals surface area contributed by atoms with Gasteiger partial charge in [-0.2, -0.15) is 13.2 Å². The van der Waals surface area contributed by atoms with E-state index < -0.39 is 11.7 Å². The molecule has 2 unspecified atom stereocenters. The Morgan fingerprint density at radius 3 is 2.65 bits per heavy atom.